The molecule has 0 spiro atoms. The lowest BCUT2D eigenvalue weighted by Crippen LogP contribution is -2.42. The van der Waals surface area contributed by atoms with Gasteiger partial charge in [-0.15, -0.1) is 0 Å². The van der Waals surface area contributed by atoms with Crippen molar-refractivity contribution in [3.05, 3.63) is 0 Å². The van der Waals surface area contributed by atoms with Crippen molar-refractivity contribution in [3.8, 4) is 0 Å². The minimum Gasteiger partial charge on any atom is -0.383 e. The Bertz CT molecular complexity index is 343. The number of nitrogens with two attached hydrogens (primary N) is 1. The molecule has 1 amide bonds. The van der Waals surface area contributed by atoms with Crippen molar-refractivity contribution in [3.63, 3.8) is 0 Å². The first-order chi connectivity index (χ1) is 10.7. The van der Waals surface area contributed by atoms with Crippen LogP contribution in [-0.2, 0) is 9.53 Å². The number of hydrogen-bond donors (Lipinski definition) is 1. The van der Waals surface area contributed by atoms with E-state index in [-0.39, 0.29) is 5.41 Å². The zero-order chi connectivity index (χ0) is 15.8. The average molecular weight is 311 g/mol. The summed E-state index contributed by atoms with van der Waals surface area (Å²) in [6, 6.07) is 0. The third-order valence-corrected chi connectivity index (χ3v) is 5.43. The van der Waals surface area contributed by atoms with Crippen molar-refractivity contribution in [1.29, 1.82) is 0 Å². The summed E-state index contributed by atoms with van der Waals surface area (Å²) in [7, 11) is 1.74. The zero-order valence-corrected chi connectivity index (χ0v) is 14.2. The van der Waals surface area contributed by atoms with E-state index < -0.39 is 0 Å². The highest BCUT2D eigenvalue weighted by atomic mass is 16.5. The predicted octanol–water partition coefficient (Wildman–Crippen LogP) is 1.47. The summed E-state index contributed by atoms with van der Waals surface area (Å²) in [5.74, 6) is 0.320. The molecule has 2 aliphatic rings. The number of ether oxygens (including phenoxy) is 1. The Morgan fingerprint density at radius 3 is 2.55 bits per heavy atom. The molecule has 0 aromatic heterocycles. The lowest BCUT2D eigenvalue weighted by atomic mass is 9.71. The molecule has 1 saturated carbocycles. The fourth-order valence-corrected chi connectivity index (χ4v) is 3.85. The predicted molar refractivity (Wildman–Crippen MR) is 88.7 cm³/mol. The van der Waals surface area contributed by atoms with Crippen LogP contribution < -0.4 is 5.73 Å². The summed E-state index contributed by atoms with van der Waals surface area (Å²) >= 11 is 0. The van der Waals surface area contributed by atoms with Crippen LogP contribution in [0.3, 0.4) is 0 Å². The summed E-state index contributed by atoms with van der Waals surface area (Å²) in [6.07, 6.45) is 7.73. The van der Waals surface area contributed by atoms with Crippen LogP contribution in [0.5, 0.6) is 0 Å². The molecule has 0 aromatic carbocycles. The lowest BCUT2D eigenvalue weighted by Gasteiger charge is -2.37. The monoisotopic (exact) mass is 311 g/mol. The van der Waals surface area contributed by atoms with E-state index in [2.05, 4.69) is 9.80 Å². The lowest BCUT2D eigenvalue weighted by molar-refractivity contribution is -0.134. The molecule has 0 radical (unpaired) electrons. The molecule has 5 nitrogen and oxygen atoms in total. The molecular formula is C17H33N3O2. The van der Waals surface area contributed by atoms with Gasteiger partial charge in [-0.1, -0.05) is 19.3 Å². The number of methoxy groups -OCH3 is 1. The molecule has 0 atom stereocenters. The highest BCUT2D eigenvalue weighted by molar-refractivity contribution is 5.77. The maximum absolute atomic E-state index is 12.7. The van der Waals surface area contributed by atoms with Gasteiger partial charge in [0.25, 0.3) is 0 Å². The molecule has 2 rings (SSSR count). The molecule has 22 heavy (non-hydrogen) atoms. The molecule has 5 heteroatoms. The molecule has 128 valence electrons. The minimum absolute atomic E-state index is 0.0807. The first-order valence-corrected chi connectivity index (χ1v) is 8.88. The van der Waals surface area contributed by atoms with Crippen molar-refractivity contribution in [2.45, 2.75) is 44.9 Å². The van der Waals surface area contributed by atoms with E-state index in [1.54, 1.807) is 7.11 Å². The van der Waals surface area contributed by atoms with E-state index in [0.29, 0.717) is 18.9 Å². The van der Waals surface area contributed by atoms with E-state index in [4.69, 9.17) is 10.5 Å². The van der Waals surface area contributed by atoms with E-state index in [1.807, 2.05) is 0 Å². The number of carbonyl (C=O) groups excluding carboxylic acids is 1. The van der Waals surface area contributed by atoms with Crippen LogP contribution in [0.15, 0.2) is 0 Å². The Morgan fingerprint density at radius 2 is 1.86 bits per heavy atom. The van der Waals surface area contributed by atoms with Gasteiger partial charge in [-0.25, -0.2) is 0 Å². The van der Waals surface area contributed by atoms with E-state index >= 15 is 0 Å². The third-order valence-electron chi connectivity index (χ3n) is 5.43. The summed E-state index contributed by atoms with van der Waals surface area (Å²) in [4.78, 5) is 17.2. The Balaban J connectivity index is 1.84. The largest absolute Gasteiger partial charge is 0.383 e. The van der Waals surface area contributed by atoms with Crippen LogP contribution in [0.25, 0.3) is 0 Å². The standard InChI is InChI=1S/C17H33N3O2/c1-22-13-12-19-8-5-9-20(11-10-19)16(21)14-17(15-18)6-3-2-4-7-17/h2-15,18H2,1H3. The molecule has 0 aromatic rings. The number of nitrogens with zero attached hydrogens (tertiary/aromatic N) is 2. The van der Waals surface area contributed by atoms with Crippen molar-refractivity contribution in [2.75, 3.05) is 53.0 Å². The van der Waals surface area contributed by atoms with Gasteiger partial charge >= 0.3 is 0 Å². The van der Waals surface area contributed by atoms with Gasteiger partial charge in [-0.3, -0.25) is 9.69 Å². The Hall–Kier alpha value is -0.650. The first-order valence-electron chi connectivity index (χ1n) is 8.88. The highest BCUT2D eigenvalue weighted by Gasteiger charge is 2.34. The van der Waals surface area contributed by atoms with Crippen molar-refractivity contribution in [2.24, 2.45) is 11.1 Å². The SMILES string of the molecule is COCCN1CCCN(C(=O)CC2(CN)CCCCC2)CC1. The molecule has 1 aliphatic carbocycles. The van der Waals surface area contributed by atoms with Gasteiger partial charge in [0.2, 0.25) is 5.91 Å². The minimum atomic E-state index is 0.0807. The van der Waals surface area contributed by atoms with Gasteiger partial charge in [-0.2, -0.15) is 0 Å². The summed E-state index contributed by atoms with van der Waals surface area (Å²) < 4.78 is 5.15. The second-order valence-electron chi connectivity index (χ2n) is 7.01. The van der Waals surface area contributed by atoms with Gasteiger partial charge in [0, 0.05) is 39.7 Å². The average Bonchev–Trinajstić information content (AvgIpc) is 2.79. The van der Waals surface area contributed by atoms with E-state index in [0.717, 1.165) is 58.6 Å². The summed E-state index contributed by atoms with van der Waals surface area (Å²) in [5.41, 5.74) is 6.11. The first kappa shape index (κ1) is 17.7. The molecule has 0 bridgehead atoms. The van der Waals surface area contributed by atoms with E-state index in [1.165, 1.54) is 19.3 Å². The molecule has 0 unspecified atom stereocenters. The zero-order valence-electron chi connectivity index (χ0n) is 14.2. The van der Waals surface area contributed by atoms with Crippen LogP contribution in [0.4, 0.5) is 0 Å². The molecular weight excluding hydrogens is 278 g/mol. The quantitative estimate of drug-likeness (QED) is 0.807. The topological polar surface area (TPSA) is 58.8 Å². The highest BCUT2D eigenvalue weighted by Crippen LogP contribution is 2.38. The van der Waals surface area contributed by atoms with Crippen molar-refractivity contribution in [1.82, 2.24) is 9.80 Å². The van der Waals surface area contributed by atoms with Crippen LogP contribution in [0, 0.1) is 5.41 Å². The van der Waals surface area contributed by atoms with Gasteiger partial charge in [0.1, 0.15) is 0 Å². The smallest absolute Gasteiger partial charge is 0.223 e. The fourth-order valence-electron chi connectivity index (χ4n) is 3.85. The molecule has 1 saturated heterocycles. The number of rotatable bonds is 6. The van der Waals surface area contributed by atoms with Gasteiger partial charge in [-0.05, 0) is 37.8 Å². The van der Waals surface area contributed by atoms with Gasteiger partial charge < -0.3 is 15.4 Å². The summed E-state index contributed by atoms with van der Waals surface area (Å²) in [6.45, 7) is 6.16. The molecule has 2 fully saturated rings. The number of carbonyl (C=O) groups is 1. The Labute approximate surface area is 135 Å². The second-order valence-corrected chi connectivity index (χ2v) is 7.01. The maximum Gasteiger partial charge on any atom is 0.223 e. The number of hydrogen-bond acceptors (Lipinski definition) is 4. The molecule has 1 heterocycles. The van der Waals surface area contributed by atoms with Crippen LogP contribution in [-0.4, -0.2) is 68.7 Å². The fraction of sp³-hybridized carbons (Fsp3) is 0.941. The number of amides is 1. The van der Waals surface area contributed by atoms with Gasteiger partial charge in [0.15, 0.2) is 0 Å². The Morgan fingerprint density at radius 1 is 1.09 bits per heavy atom. The van der Waals surface area contributed by atoms with E-state index in [9.17, 15) is 4.79 Å². The Kier molecular flexibility index (Phi) is 7.12. The normalized spacial score (nSPS) is 23.3. The van der Waals surface area contributed by atoms with Crippen LogP contribution >= 0.6 is 0 Å². The van der Waals surface area contributed by atoms with Crippen LogP contribution in [0.2, 0.25) is 0 Å². The van der Waals surface area contributed by atoms with Gasteiger partial charge in [0.05, 0.1) is 6.61 Å². The van der Waals surface area contributed by atoms with Crippen molar-refractivity contribution >= 4 is 5.91 Å². The molecule has 1 aliphatic heterocycles. The maximum atomic E-state index is 12.7. The van der Waals surface area contributed by atoms with Crippen LogP contribution in [0.1, 0.15) is 44.9 Å². The summed E-state index contributed by atoms with van der Waals surface area (Å²) in [5, 5.41) is 0. The second kappa shape index (κ2) is 8.85. The third kappa shape index (κ3) is 4.93. The van der Waals surface area contributed by atoms with Crippen molar-refractivity contribution < 1.29 is 9.53 Å². The molecule has 2 N–H and O–H groups in total.